The Hall–Kier alpha value is -1.47. The lowest BCUT2D eigenvalue weighted by Crippen LogP contribution is -2.42. The van der Waals surface area contributed by atoms with Gasteiger partial charge in [0.25, 0.3) is 0 Å². The summed E-state index contributed by atoms with van der Waals surface area (Å²) in [6.45, 7) is 3.98. The normalized spacial score (nSPS) is 11.9. The van der Waals surface area contributed by atoms with Gasteiger partial charge in [-0.1, -0.05) is 12.1 Å². The molecule has 0 saturated heterocycles. The van der Waals surface area contributed by atoms with E-state index in [-0.39, 0.29) is 37.3 Å². The van der Waals surface area contributed by atoms with Crippen LogP contribution < -0.4 is 5.32 Å². The van der Waals surface area contributed by atoms with E-state index < -0.39 is 10.0 Å². The molecule has 21 heavy (non-hydrogen) atoms. The Morgan fingerprint density at radius 1 is 1.38 bits per heavy atom. The Labute approximate surface area is 125 Å². The molecule has 5 nitrogen and oxygen atoms in total. The van der Waals surface area contributed by atoms with E-state index in [0.717, 1.165) is 6.26 Å². The number of rotatable bonds is 7. The van der Waals surface area contributed by atoms with Crippen molar-refractivity contribution in [3.8, 4) is 0 Å². The van der Waals surface area contributed by atoms with E-state index in [1.54, 1.807) is 26.0 Å². The molecule has 1 aromatic carbocycles. The van der Waals surface area contributed by atoms with Crippen LogP contribution >= 0.6 is 0 Å². The number of nitrogens with one attached hydrogen (secondary N) is 1. The van der Waals surface area contributed by atoms with Crippen molar-refractivity contribution >= 4 is 15.9 Å². The van der Waals surface area contributed by atoms with Crippen LogP contribution in [-0.4, -0.2) is 44.0 Å². The molecule has 0 atom stereocenters. The molecule has 1 aromatic rings. The Balaban J connectivity index is 2.46. The van der Waals surface area contributed by atoms with Gasteiger partial charge in [0.15, 0.2) is 0 Å². The second-order valence-corrected chi connectivity index (χ2v) is 7.06. The van der Waals surface area contributed by atoms with Crippen LogP contribution in [0.2, 0.25) is 0 Å². The summed E-state index contributed by atoms with van der Waals surface area (Å²) >= 11 is 0. The molecule has 0 aliphatic heterocycles. The second-order valence-electron chi connectivity index (χ2n) is 5.12. The molecule has 0 radical (unpaired) electrons. The number of benzene rings is 1. The zero-order valence-electron chi connectivity index (χ0n) is 12.5. The van der Waals surface area contributed by atoms with E-state index in [1.807, 2.05) is 0 Å². The van der Waals surface area contributed by atoms with E-state index in [0.29, 0.717) is 5.56 Å². The van der Waals surface area contributed by atoms with Gasteiger partial charge in [-0.15, -0.1) is 0 Å². The van der Waals surface area contributed by atoms with E-state index in [2.05, 4.69) is 5.32 Å². The Morgan fingerprint density at radius 2 is 2.05 bits per heavy atom. The molecule has 7 heteroatoms. The molecule has 0 saturated carbocycles. The zero-order chi connectivity index (χ0) is 16.0. The minimum absolute atomic E-state index is 0.0678. The average molecular weight is 316 g/mol. The molecule has 0 aromatic heterocycles. The minimum Gasteiger partial charge on any atom is -0.354 e. The molecule has 0 aliphatic carbocycles. The number of halogens is 1. The number of carbonyl (C=O) groups excluding carboxylic acids is 1. The van der Waals surface area contributed by atoms with Crippen molar-refractivity contribution in [1.82, 2.24) is 9.62 Å². The lowest BCUT2D eigenvalue weighted by atomic mass is 10.1. The Kier molecular flexibility index (Phi) is 6.29. The Morgan fingerprint density at radius 3 is 2.57 bits per heavy atom. The third kappa shape index (κ3) is 6.22. The molecule has 0 bridgehead atoms. The molecule has 1 rings (SSSR count). The summed E-state index contributed by atoms with van der Waals surface area (Å²) in [6.07, 6.45) is 1.21. The first-order valence-electron chi connectivity index (χ1n) is 6.68. The van der Waals surface area contributed by atoms with Gasteiger partial charge in [-0.3, -0.25) is 4.79 Å². The number of amides is 1. The maximum absolute atomic E-state index is 13.0. The van der Waals surface area contributed by atoms with E-state index >= 15 is 0 Å². The highest BCUT2D eigenvalue weighted by atomic mass is 32.2. The highest BCUT2D eigenvalue weighted by Gasteiger charge is 2.19. The minimum atomic E-state index is -3.29. The summed E-state index contributed by atoms with van der Waals surface area (Å²) in [5.41, 5.74) is 0.580. The van der Waals surface area contributed by atoms with Crippen molar-refractivity contribution in [3.05, 3.63) is 35.6 Å². The molecule has 0 fully saturated rings. The first-order chi connectivity index (χ1) is 9.70. The summed E-state index contributed by atoms with van der Waals surface area (Å²) in [5.74, 6) is -0.652. The standard InChI is InChI=1S/C14H21FN2O3S/c1-11(2)17(21(3,19)20)8-7-16-14(18)10-12-5-4-6-13(15)9-12/h4-6,9,11H,7-8,10H2,1-3H3,(H,16,18). The fourth-order valence-electron chi connectivity index (χ4n) is 2.01. The van der Waals surface area contributed by atoms with Crippen molar-refractivity contribution in [3.63, 3.8) is 0 Å². The van der Waals surface area contributed by atoms with E-state index in [4.69, 9.17) is 0 Å². The van der Waals surface area contributed by atoms with Gasteiger partial charge in [0, 0.05) is 19.1 Å². The molecule has 0 heterocycles. The highest BCUT2D eigenvalue weighted by Crippen LogP contribution is 2.05. The molecular formula is C14H21FN2O3S. The number of sulfonamides is 1. The van der Waals surface area contributed by atoms with Crippen LogP contribution in [0.15, 0.2) is 24.3 Å². The van der Waals surface area contributed by atoms with Gasteiger partial charge in [0.05, 0.1) is 12.7 Å². The van der Waals surface area contributed by atoms with Crippen LogP contribution in [0.25, 0.3) is 0 Å². The number of nitrogens with zero attached hydrogens (tertiary/aromatic N) is 1. The molecule has 1 amide bonds. The van der Waals surface area contributed by atoms with Crippen LogP contribution in [0.1, 0.15) is 19.4 Å². The highest BCUT2D eigenvalue weighted by molar-refractivity contribution is 7.88. The fourth-order valence-corrected chi connectivity index (χ4v) is 3.20. The van der Waals surface area contributed by atoms with Crippen LogP contribution in [-0.2, 0) is 21.2 Å². The van der Waals surface area contributed by atoms with Gasteiger partial charge in [-0.05, 0) is 31.5 Å². The smallest absolute Gasteiger partial charge is 0.224 e. The maximum Gasteiger partial charge on any atom is 0.224 e. The van der Waals surface area contributed by atoms with Crippen molar-refractivity contribution in [2.75, 3.05) is 19.3 Å². The van der Waals surface area contributed by atoms with Gasteiger partial charge < -0.3 is 5.32 Å². The molecular weight excluding hydrogens is 295 g/mol. The first-order valence-corrected chi connectivity index (χ1v) is 8.53. The summed E-state index contributed by atoms with van der Waals surface area (Å²) in [7, 11) is -3.29. The van der Waals surface area contributed by atoms with Crippen molar-refractivity contribution in [2.24, 2.45) is 0 Å². The largest absolute Gasteiger partial charge is 0.354 e. The van der Waals surface area contributed by atoms with Crippen LogP contribution in [0, 0.1) is 5.82 Å². The predicted octanol–water partition coefficient (Wildman–Crippen LogP) is 1.15. The van der Waals surface area contributed by atoms with Gasteiger partial charge in [0.1, 0.15) is 5.82 Å². The summed E-state index contributed by atoms with van der Waals surface area (Å²) < 4.78 is 37.4. The zero-order valence-corrected chi connectivity index (χ0v) is 13.3. The number of hydrogen-bond acceptors (Lipinski definition) is 3. The quantitative estimate of drug-likeness (QED) is 0.821. The predicted molar refractivity (Wildman–Crippen MR) is 79.8 cm³/mol. The van der Waals surface area contributed by atoms with Gasteiger partial charge in [-0.2, -0.15) is 4.31 Å². The third-order valence-corrected chi connectivity index (χ3v) is 4.37. The molecule has 0 spiro atoms. The van der Waals surface area contributed by atoms with Crippen LogP contribution in [0.3, 0.4) is 0 Å². The monoisotopic (exact) mass is 316 g/mol. The van der Waals surface area contributed by atoms with E-state index in [9.17, 15) is 17.6 Å². The molecule has 118 valence electrons. The van der Waals surface area contributed by atoms with Crippen LogP contribution in [0.4, 0.5) is 4.39 Å². The maximum atomic E-state index is 13.0. The van der Waals surface area contributed by atoms with Gasteiger partial charge in [-0.25, -0.2) is 12.8 Å². The second kappa shape index (κ2) is 7.51. The first kappa shape index (κ1) is 17.6. The lowest BCUT2D eigenvalue weighted by molar-refractivity contribution is -0.120. The van der Waals surface area contributed by atoms with Gasteiger partial charge in [0.2, 0.25) is 15.9 Å². The van der Waals surface area contributed by atoms with Crippen molar-refractivity contribution < 1.29 is 17.6 Å². The fraction of sp³-hybridized carbons (Fsp3) is 0.500. The summed E-state index contributed by atoms with van der Waals surface area (Å²) in [4.78, 5) is 11.7. The molecule has 1 N–H and O–H groups in total. The SMILES string of the molecule is CC(C)N(CCNC(=O)Cc1cccc(F)c1)S(C)(=O)=O. The summed E-state index contributed by atoms with van der Waals surface area (Å²) in [6, 6.07) is 5.66. The van der Waals surface area contributed by atoms with Gasteiger partial charge >= 0.3 is 0 Å². The summed E-state index contributed by atoms with van der Waals surface area (Å²) in [5, 5.41) is 2.64. The Bertz CT molecular complexity index is 588. The molecule has 0 aliphatic rings. The van der Waals surface area contributed by atoms with E-state index in [1.165, 1.54) is 16.4 Å². The number of carbonyl (C=O) groups is 1. The topological polar surface area (TPSA) is 66.5 Å². The van der Waals surface area contributed by atoms with Crippen molar-refractivity contribution in [1.29, 1.82) is 0 Å². The number of hydrogen-bond donors (Lipinski definition) is 1. The average Bonchev–Trinajstić information content (AvgIpc) is 2.32. The third-order valence-electron chi connectivity index (χ3n) is 2.91. The lowest BCUT2D eigenvalue weighted by Gasteiger charge is -2.23. The molecule has 0 unspecified atom stereocenters. The van der Waals surface area contributed by atoms with Crippen LogP contribution in [0.5, 0.6) is 0 Å². The van der Waals surface area contributed by atoms with Crippen molar-refractivity contribution in [2.45, 2.75) is 26.3 Å².